The summed E-state index contributed by atoms with van der Waals surface area (Å²) in [6.45, 7) is 0. The molecule has 0 atom stereocenters. The van der Waals surface area contributed by atoms with Crippen molar-refractivity contribution < 1.29 is 0 Å². The fourth-order valence-corrected chi connectivity index (χ4v) is 7.46. The molecule has 0 aliphatic heterocycles. The van der Waals surface area contributed by atoms with E-state index in [1.165, 1.54) is 76.1 Å². The zero-order valence-electron chi connectivity index (χ0n) is 22.4. The second-order valence-electron chi connectivity index (χ2n) is 10.4. The van der Waals surface area contributed by atoms with Gasteiger partial charge in [-0.25, -0.2) is 0 Å². The molecule has 0 radical (unpaired) electrons. The van der Waals surface area contributed by atoms with Gasteiger partial charge in [0.1, 0.15) is 0 Å². The molecule has 192 valence electrons. The second kappa shape index (κ2) is 9.89. The second-order valence-corrected chi connectivity index (χ2v) is 11.3. The van der Waals surface area contributed by atoms with Crippen LogP contribution in [0.3, 0.4) is 0 Å². The molecule has 0 aliphatic carbocycles. The van der Waals surface area contributed by atoms with E-state index in [2.05, 4.69) is 157 Å². The lowest BCUT2D eigenvalue weighted by Gasteiger charge is -2.24. The zero-order chi connectivity index (χ0) is 27.2. The Morgan fingerprint density at radius 2 is 0.634 bits per heavy atom. The van der Waals surface area contributed by atoms with Crippen molar-refractivity contribution in [3.05, 3.63) is 157 Å². The lowest BCUT2D eigenvalue weighted by atomic mass is 9.79. The van der Waals surface area contributed by atoms with Crippen molar-refractivity contribution in [2.45, 2.75) is 0 Å². The molecule has 0 nitrogen and oxygen atoms in total. The van der Waals surface area contributed by atoms with Crippen molar-refractivity contribution in [3.8, 4) is 44.5 Å². The summed E-state index contributed by atoms with van der Waals surface area (Å²) in [4.78, 5) is 0. The summed E-state index contributed by atoms with van der Waals surface area (Å²) in [5.74, 6) is 0. The Labute approximate surface area is 243 Å². The SMILES string of the molecule is c1ccc(-c2c3ccccc3c(-c3ccccc3)c3c(-c4ccccc4)c4sccc4c(-c4ccccc4)c23)cc1. The predicted molar refractivity (Wildman–Crippen MR) is 179 cm³/mol. The van der Waals surface area contributed by atoms with E-state index in [-0.39, 0.29) is 0 Å². The van der Waals surface area contributed by atoms with Gasteiger partial charge in [-0.3, -0.25) is 0 Å². The molecular formula is C40H26S. The van der Waals surface area contributed by atoms with Gasteiger partial charge in [0, 0.05) is 21.0 Å². The summed E-state index contributed by atoms with van der Waals surface area (Å²) in [6.07, 6.45) is 0. The van der Waals surface area contributed by atoms with Crippen molar-refractivity contribution in [3.63, 3.8) is 0 Å². The molecule has 1 aromatic heterocycles. The maximum absolute atomic E-state index is 2.32. The summed E-state index contributed by atoms with van der Waals surface area (Å²) in [7, 11) is 0. The molecule has 0 unspecified atom stereocenters. The Bertz CT molecular complexity index is 2000. The van der Waals surface area contributed by atoms with Gasteiger partial charge in [-0.05, 0) is 66.5 Å². The number of thiophene rings is 1. The average molecular weight is 539 g/mol. The number of hydrogen-bond donors (Lipinski definition) is 0. The van der Waals surface area contributed by atoms with Gasteiger partial charge in [0.2, 0.25) is 0 Å². The minimum Gasteiger partial charge on any atom is -0.143 e. The van der Waals surface area contributed by atoms with Crippen molar-refractivity contribution in [2.24, 2.45) is 0 Å². The Morgan fingerprint density at radius 1 is 0.293 bits per heavy atom. The van der Waals surface area contributed by atoms with E-state index < -0.39 is 0 Å². The third-order valence-electron chi connectivity index (χ3n) is 8.13. The van der Waals surface area contributed by atoms with Gasteiger partial charge in [0.25, 0.3) is 0 Å². The van der Waals surface area contributed by atoms with Gasteiger partial charge in [-0.1, -0.05) is 146 Å². The molecule has 1 heterocycles. The van der Waals surface area contributed by atoms with Crippen LogP contribution in [0.1, 0.15) is 0 Å². The fourth-order valence-electron chi connectivity index (χ4n) is 6.48. The molecule has 0 saturated heterocycles. The van der Waals surface area contributed by atoms with E-state index in [0.29, 0.717) is 0 Å². The molecular weight excluding hydrogens is 513 g/mol. The highest BCUT2D eigenvalue weighted by Gasteiger charge is 2.26. The minimum absolute atomic E-state index is 1.24. The van der Waals surface area contributed by atoms with E-state index in [4.69, 9.17) is 0 Å². The minimum atomic E-state index is 1.24. The molecule has 0 N–H and O–H groups in total. The lowest BCUT2D eigenvalue weighted by molar-refractivity contribution is 1.64. The Kier molecular flexibility index (Phi) is 5.76. The quantitative estimate of drug-likeness (QED) is 0.195. The molecule has 1 heteroatoms. The van der Waals surface area contributed by atoms with Crippen LogP contribution in [-0.4, -0.2) is 0 Å². The van der Waals surface area contributed by atoms with E-state index in [1.807, 2.05) is 11.3 Å². The van der Waals surface area contributed by atoms with Crippen LogP contribution in [0.15, 0.2) is 157 Å². The summed E-state index contributed by atoms with van der Waals surface area (Å²) in [5, 5.41) is 8.73. The molecule has 0 saturated carbocycles. The third kappa shape index (κ3) is 3.82. The molecule has 0 bridgehead atoms. The normalized spacial score (nSPS) is 11.4. The lowest BCUT2D eigenvalue weighted by Crippen LogP contribution is -1.96. The van der Waals surface area contributed by atoms with Crippen molar-refractivity contribution in [2.75, 3.05) is 0 Å². The predicted octanol–water partition coefficient (Wildman–Crippen LogP) is 11.9. The highest BCUT2D eigenvalue weighted by atomic mass is 32.1. The topological polar surface area (TPSA) is 0 Å². The summed E-state index contributed by atoms with van der Waals surface area (Å²) >= 11 is 1.84. The monoisotopic (exact) mass is 538 g/mol. The molecule has 0 fully saturated rings. The van der Waals surface area contributed by atoms with Crippen LogP contribution >= 0.6 is 11.3 Å². The molecule has 0 aliphatic rings. The average Bonchev–Trinajstić information content (AvgIpc) is 3.53. The van der Waals surface area contributed by atoms with Crippen LogP contribution in [0.25, 0.3) is 76.1 Å². The molecule has 0 spiro atoms. The van der Waals surface area contributed by atoms with Crippen LogP contribution in [0, 0.1) is 0 Å². The molecule has 0 amide bonds. The first-order valence-corrected chi connectivity index (χ1v) is 14.9. The van der Waals surface area contributed by atoms with Gasteiger partial charge in [0.15, 0.2) is 0 Å². The maximum Gasteiger partial charge on any atom is 0.0434 e. The molecule has 7 aromatic carbocycles. The highest BCUT2D eigenvalue weighted by molar-refractivity contribution is 7.18. The van der Waals surface area contributed by atoms with Gasteiger partial charge in [0.05, 0.1) is 0 Å². The summed E-state index contributed by atoms with van der Waals surface area (Å²) < 4.78 is 1.33. The van der Waals surface area contributed by atoms with Crippen molar-refractivity contribution in [1.82, 2.24) is 0 Å². The van der Waals surface area contributed by atoms with E-state index in [9.17, 15) is 0 Å². The Morgan fingerprint density at radius 3 is 1.07 bits per heavy atom. The van der Waals surface area contributed by atoms with Gasteiger partial charge in [-0.15, -0.1) is 11.3 Å². The standard InChI is InChI=1S/C40H26S/c1-5-15-27(16-6-1)34-31-23-13-14-24-32(31)35(28-17-7-2-8-18-28)39-37(30-21-11-4-12-22-30)40-33(25-26-41-40)36(38(34)39)29-19-9-3-10-20-29/h1-26H. The van der Waals surface area contributed by atoms with Crippen LogP contribution < -0.4 is 0 Å². The zero-order valence-corrected chi connectivity index (χ0v) is 23.2. The maximum atomic E-state index is 2.32. The number of hydrogen-bond acceptors (Lipinski definition) is 1. The van der Waals surface area contributed by atoms with Gasteiger partial charge >= 0.3 is 0 Å². The largest absolute Gasteiger partial charge is 0.143 e. The first-order chi connectivity index (χ1) is 20.4. The van der Waals surface area contributed by atoms with E-state index in [0.717, 1.165) is 0 Å². The van der Waals surface area contributed by atoms with Gasteiger partial charge in [-0.2, -0.15) is 0 Å². The number of rotatable bonds is 4. The van der Waals surface area contributed by atoms with Crippen LogP contribution in [0.2, 0.25) is 0 Å². The van der Waals surface area contributed by atoms with E-state index >= 15 is 0 Å². The van der Waals surface area contributed by atoms with E-state index in [1.54, 1.807) is 0 Å². The third-order valence-corrected chi connectivity index (χ3v) is 9.06. The summed E-state index contributed by atoms with van der Waals surface area (Å²) in [6, 6.07) is 55.1. The van der Waals surface area contributed by atoms with Gasteiger partial charge < -0.3 is 0 Å². The van der Waals surface area contributed by atoms with Crippen molar-refractivity contribution >= 4 is 43.0 Å². The number of benzene rings is 7. The van der Waals surface area contributed by atoms with Crippen LogP contribution in [-0.2, 0) is 0 Å². The first kappa shape index (κ1) is 23.9. The molecule has 8 rings (SSSR count). The van der Waals surface area contributed by atoms with Crippen LogP contribution in [0.5, 0.6) is 0 Å². The first-order valence-electron chi connectivity index (χ1n) is 14.0. The highest BCUT2D eigenvalue weighted by Crippen LogP contribution is 2.54. The number of fused-ring (bicyclic) bond motifs is 3. The van der Waals surface area contributed by atoms with Crippen molar-refractivity contribution in [1.29, 1.82) is 0 Å². The molecule has 41 heavy (non-hydrogen) atoms. The Hall–Kier alpha value is -4.98. The smallest absolute Gasteiger partial charge is 0.0434 e. The Balaban J connectivity index is 1.76. The van der Waals surface area contributed by atoms with Crippen LogP contribution in [0.4, 0.5) is 0 Å². The fraction of sp³-hybridized carbons (Fsp3) is 0. The summed E-state index contributed by atoms with van der Waals surface area (Å²) in [5.41, 5.74) is 10.2. The molecule has 8 aromatic rings.